The number of carbonyl (C=O) groups excluding carboxylic acids is 3. The highest BCUT2D eigenvalue weighted by Crippen LogP contribution is 2.29. The number of fused-ring (bicyclic) bond motifs is 1. The van der Waals surface area contributed by atoms with Gasteiger partial charge in [-0.1, -0.05) is 30.0 Å². The van der Waals surface area contributed by atoms with Crippen LogP contribution in [0.2, 0.25) is 0 Å². The maximum Gasteiger partial charge on any atom is 0.286 e. The number of hydrogen-bond donors (Lipinski definition) is 1. The van der Waals surface area contributed by atoms with Crippen molar-refractivity contribution in [3.05, 3.63) is 34.9 Å². The molecule has 0 saturated carbocycles. The van der Waals surface area contributed by atoms with Gasteiger partial charge in [-0.15, -0.1) is 0 Å². The SMILES string of the molecule is O=C1NC(=O)C(Cc2cccc3c2CCCC3=O)S1. The molecule has 1 N–H and O–H groups in total. The molecule has 1 aliphatic carbocycles. The number of rotatable bonds is 2. The quantitative estimate of drug-likeness (QED) is 0.897. The van der Waals surface area contributed by atoms with Crippen LogP contribution in [0.1, 0.15) is 34.3 Å². The maximum atomic E-state index is 11.9. The van der Waals surface area contributed by atoms with Crippen molar-refractivity contribution in [2.24, 2.45) is 0 Å². The number of nitrogens with one attached hydrogen (secondary N) is 1. The largest absolute Gasteiger partial charge is 0.294 e. The maximum absolute atomic E-state index is 11.9. The van der Waals surface area contributed by atoms with Gasteiger partial charge in [0.05, 0.1) is 5.25 Å². The van der Waals surface area contributed by atoms with Crippen molar-refractivity contribution in [3.63, 3.8) is 0 Å². The lowest BCUT2D eigenvalue weighted by Gasteiger charge is -2.19. The Morgan fingerprint density at radius 1 is 1.21 bits per heavy atom. The molecule has 3 rings (SSSR count). The van der Waals surface area contributed by atoms with Gasteiger partial charge in [-0.3, -0.25) is 19.7 Å². The van der Waals surface area contributed by atoms with Gasteiger partial charge in [0.15, 0.2) is 5.78 Å². The van der Waals surface area contributed by atoms with E-state index in [1.54, 1.807) is 0 Å². The Hall–Kier alpha value is -1.62. The van der Waals surface area contributed by atoms with Crippen molar-refractivity contribution in [2.75, 3.05) is 0 Å². The average Bonchev–Trinajstić information content (AvgIpc) is 2.69. The van der Waals surface area contributed by atoms with E-state index in [-0.39, 0.29) is 22.2 Å². The van der Waals surface area contributed by atoms with Gasteiger partial charge in [-0.2, -0.15) is 0 Å². The van der Waals surface area contributed by atoms with Gasteiger partial charge in [0, 0.05) is 12.0 Å². The van der Waals surface area contributed by atoms with Crippen LogP contribution in [0.5, 0.6) is 0 Å². The molecular weight excluding hydrogens is 262 g/mol. The molecule has 1 aromatic rings. The molecular formula is C14H13NO3S. The summed E-state index contributed by atoms with van der Waals surface area (Å²) in [7, 11) is 0. The van der Waals surface area contributed by atoms with E-state index in [2.05, 4.69) is 5.32 Å². The predicted octanol–water partition coefficient (Wildman–Crippen LogP) is 2.10. The van der Waals surface area contributed by atoms with E-state index >= 15 is 0 Å². The number of hydrogen-bond acceptors (Lipinski definition) is 4. The highest BCUT2D eigenvalue weighted by Gasteiger charge is 2.32. The van der Waals surface area contributed by atoms with Crippen molar-refractivity contribution >= 4 is 28.7 Å². The van der Waals surface area contributed by atoms with Gasteiger partial charge in [-0.05, 0) is 30.4 Å². The first-order valence-electron chi connectivity index (χ1n) is 6.30. The van der Waals surface area contributed by atoms with Crippen LogP contribution in [0.25, 0.3) is 0 Å². The number of ketones is 1. The molecule has 1 aliphatic heterocycles. The molecule has 0 spiro atoms. The van der Waals surface area contributed by atoms with E-state index in [0.717, 1.165) is 41.3 Å². The fraction of sp³-hybridized carbons (Fsp3) is 0.357. The van der Waals surface area contributed by atoms with Gasteiger partial charge in [0.25, 0.3) is 5.24 Å². The first kappa shape index (κ1) is 12.4. The van der Waals surface area contributed by atoms with Crippen LogP contribution in [0, 0.1) is 0 Å². The molecule has 1 fully saturated rings. The molecule has 0 bridgehead atoms. The van der Waals surface area contributed by atoms with Gasteiger partial charge in [0.2, 0.25) is 5.91 Å². The Bertz CT molecular complexity index is 582. The highest BCUT2D eigenvalue weighted by atomic mass is 32.2. The summed E-state index contributed by atoms with van der Waals surface area (Å²) in [5, 5.41) is 1.65. The third-order valence-electron chi connectivity index (χ3n) is 3.58. The average molecular weight is 275 g/mol. The molecule has 2 amide bonds. The molecule has 0 radical (unpaired) electrons. The summed E-state index contributed by atoms with van der Waals surface area (Å²) < 4.78 is 0. The summed E-state index contributed by atoms with van der Waals surface area (Å²) in [5.74, 6) is -0.0440. The summed E-state index contributed by atoms with van der Waals surface area (Å²) in [6.45, 7) is 0. The Labute approximate surface area is 114 Å². The van der Waals surface area contributed by atoms with Crippen molar-refractivity contribution in [1.82, 2.24) is 5.32 Å². The predicted molar refractivity (Wildman–Crippen MR) is 72.3 cm³/mol. The van der Waals surface area contributed by atoms with Crippen LogP contribution < -0.4 is 5.32 Å². The zero-order chi connectivity index (χ0) is 13.4. The lowest BCUT2D eigenvalue weighted by Crippen LogP contribution is -2.26. The standard InChI is InChI=1S/C14H13NO3S/c16-11-6-2-4-9-8(3-1-5-10(9)11)7-12-13(17)15-14(18)19-12/h1,3,5,12H,2,4,6-7H2,(H,15,17,18). The fourth-order valence-corrected chi connectivity index (χ4v) is 3.52. The van der Waals surface area contributed by atoms with Crippen molar-refractivity contribution in [3.8, 4) is 0 Å². The van der Waals surface area contributed by atoms with E-state index in [9.17, 15) is 14.4 Å². The molecule has 1 heterocycles. The molecule has 1 saturated heterocycles. The highest BCUT2D eigenvalue weighted by molar-refractivity contribution is 8.15. The molecule has 2 aliphatic rings. The molecule has 1 aromatic carbocycles. The van der Waals surface area contributed by atoms with Crippen LogP contribution in [-0.2, 0) is 17.6 Å². The van der Waals surface area contributed by atoms with Gasteiger partial charge >= 0.3 is 0 Å². The van der Waals surface area contributed by atoms with Gasteiger partial charge in [0.1, 0.15) is 0 Å². The molecule has 19 heavy (non-hydrogen) atoms. The zero-order valence-electron chi connectivity index (χ0n) is 10.3. The minimum atomic E-state index is -0.365. The van der Waals surface area contributed by atoms with Crippen molar-refractivity contribution < 1.29 is 14.4 Å². The molecule has 5 heteroatoms. The van der Waals surface area contributed by atoms with Gasteiger partial charge < -0.3 is 0 Å². The third-order valence-corrected chi connectivity index (χ3v) is 4.56. The lowest BCUT2D eigenvalue weighted by atomic mass is 9.86. The number of carbonyl (C=O) groups is 3. The number of imide groups is 1. The smallest absolute Gasteiger partial charge is 0.286 e. The molecule has 1 unspecified atom stereocenters. The third kappa shape index (κ3) is 2.30. The Morgan fingerprint density at radius 2 is 2.05 bits per heavy atom. The number of benzene rings is 1. The summed E-state index contributed by atoms with van der Waals surface area (Å²) in [6, 6.07) is 5.66. The minimum absolute atomic E-state index is 0.183. The van der Waals surface area contributed by atoms with Crippen LogP contribution in [0.3, 0.4) is 0 Å². The normalized spacial score (nSPS) is 22.3. The zero-order valence-corrected chi connectivity index (χ0v) is 11.1. The van der Waals surface area contributed by atoms with Crippen LogP contribution in [0.15, 0.2) is 18.2 Å². The fourth-order valence-electron chi connectivity index (χ4n) is 2.67. The molecule has 0 aromatic heterocycles. The van der Waals surface area contributed by atoms with Crippen LogP contribution in [-0.4, -0.2) is 22.2 Å². The van der Waals surface area contributed by atoms with Crippen molar-refractivity contribution in [2.45, 2.75) is 30.9 Å². The van der Waals surface area contributed by atoms with E-state index in [1.165, 1.54) is 0 Å². The number of amides is 2. The Morgan fingerprint density at radius 3 is 2.79 bits per heavy atom. The molecule has 4 nitrogen and oxygen atoms in total. The minimum Gasteiger partial charge on any atom is -0.294 e. The molecule has 98 valence electrons. The summed E-state index contributed by atoms with van der Waals surface area (Å²) in [4.78, 5) is 34.6. The van der Waals surface area contributed by atoms with Crippen LogP contribution in [0.4, 0.5) is 4.79 Å². The monoisotopic (exact) mass is 275 g/mol. The molecule has 1 atom stereocenters. The Kier molecular flexibility index (Phi) is 3.14. The summed E-state index contributed by atoms with van der Waals surface area (Å²) in [6.07, 6.45) is 2.86. The van der Waals surface area contributed by atoms with Crippen LogP contribution >= 0.6 is 11.8 Å². The number of thioether (sulfide) groups is 1. The second kappa shape index (κ2) is 4.81. The first-order valence-corrected chi connectivity index (χ1v) is 7.18. The lowest BCUT2D eigenvalue weighted by molar-refractivity contribution is -0.118. The van der Waals surface area contributed by atoms with E-state index in [4.69, 9.17) is 0 Å². The summed E-state index contributed by atoms with van der Waals surface area (Å²) in [5.41, 5.74) is 2.87. The summed E-state index contributed by atoms with van der Waals surface area (Å²) >= 11 is 1.04. The topological polar surface area (TPSA) is 63.2 Å². The second-order valence-corrected chi connectivity index (χ2v) is 5.98. The Balaban J connectivity index is 1.90. The van der Waals surface area contributed by atoms with E-state index in [0.29, 0.717) is 12.8 Å². The van der Waals surface area contributed by atoms with Crippen molar-refractivity contribution in [1.29, 1.82) is 0 Å². The number of Topliss-reactive ketones (excluding diaryl/α,β-unsaturated/α-hetero) is 1. The second-order valence-electron chi connectivity index (χ2n) is 4.81. The van der Waals surface area contributed by atoms with Gasteiger partial charge in [-0.25, -0.2) is 0 Å². The first-order chi connectivity index (χ1) is 9.15. The van der Waals surface area contributed by atoms with E-state index in [1.807, 2.05) is 18.2 Å². The van der Waals surface area contributed by atoms with E-state index < -0.39 is 0 Å².